The van der Waals surface area contributed by atoms with Gasteiger partial charge in [0.25, 0.3) is 0 Å². The quantitative estimate of drug-likeness (QED) is 0.898. The Kier molecular flexibility index (Phi) is 4.99. The fourth-order valence-corrected chi connectivity index (χ4v) is 2.48. The van der Waals surface area contributed by atoms with E-state index in [2.05, 4.69) is 58.7 Å². The Morgan fingerprint density at radius 1 is 1.38 bits per heavy atom. The highest BCUT2D eigenvalue weighted by Gasteiger charge is 2.20. The van der Waals surface area contributed by atoms with Crippen molar-refractivity contribution in [3.8, 4) is 0 Å². The normalized spacial score (nSPS) is 13.8. The molecule has 4 heteroatoms. The van der Waals surface area contributed by atoms with Crippen LogP contribution < -0.4 is 5.32 Å². The van der Waals surface area contributed by atoms with Crippen LogP contribution in [0.4, 0.5) is 0 Å². The van der Waals surface area contributed by atoms with Crippen molar-refractivity contribution in [1.29, 1.82) is 0 Å². The Hall–Kier alpha value is -0.350. The van der Waals surface area contributed by atoms with Gasteiger partial charge in [-0.2, -0.15) is 5.10 Å². The number of nitrogens with zero attached hydrogens (tertiary/aromatic N) is 2. The van der Waals surface area contributed by atoms with Gasteiger partial charge in [0.2, 0.25) is 0 Å². The predicted octanol–water partition coefficient (Wildman–Crippen LogP) is 3.53. The molecular weight excluding hydrogens is 266 g/mol. The SMILES string of the molecule is CNC(CC(C)C)c1c(Br)cnn1C(C)C. The van der Waals surface area contributed by atoms with Crippen molar-refractivity contribution < 1.29 is 0 Å². The second kappa shape index (κ2) is 5.82. The third-order valence-corrected chi connectivity index (χ3v) is 3.27. The van der Waals surface area contributed by atoms with Crippen LogP contribution in [-0.2, 0) is 0 Å². The minimum absolute atomic E-state index is 0.360. The second-order valence-corrected chi connectivity index (χ2v) is 5.74. The van der Waals surface area contributed by atoms with Gasteiger partial charge in [-0.05, 0) is 49.2 Å². The highest BCUT2D eigenvalue weighted by atomic mass is 79.9. The highest BCUT2D eigenvalue weighted by molar-refractivity contribution is 9.10. The van der Waals surface area contributed by atoms with Crippen LogP contribution in [0.1, 0.15) is 51.9 Å². The zero-order valence-corrected chi connectivity index (χ0v) is 12.4. The van der Waals surface area contributed by atoms with E-state index in [0.29, 0.717) is 18.0 Å². The number of rotatable bonds is 5. The van der Waals surface area contributed by atoms with Gasteiger partial charge in [0.05, 0.1) is 22.4 Å². The molecule has 1 atom stereocenters. The molecule has 0 radical (unpaired) electrons. The van der Waals surface area contributed by atoms with Gasteiger partial charge in [-0.3, -0.25) is 4.68 Å². The maximum atomic E-state index is 4.42. The van der Waals surface area contributed by atoms with E-state index in [1.165, 1.54) is 5.69 Å². The molecule has 16 heavy (non-hydrogen) atoms. The first-order valence-corrected chi connectivity index (χ1v) is 6.66. The molecule has 0 saturated carbocycles. The van der Waals surface area contributed by atoms with E-state index in [9.17, 15) is 0 Å². The number of hydrogen-bond donors (Lipinski definition) is 1. The molecule has 0 saturated heterocycles. The lowest BCUT2D eigenvalue weighted by Crippen LogP contribution is -2.23. The van der Waals surface area contributed by atoms with Gasteiger partial charge in [-0.1, -0.05) is 13.8 Å². The molecule has 0 bridgehead atoms. The monoisotopic (exact) mass is 287 g/mol. The molecule has 0 amide bonds. The fraction of sp³-hybridized carbons (Fsp3) is 0.750. The summed E-state index contributed by atoms with van der Waals surface area (Å²) in [7, 11) is 2.01. The van der Waals surface area contributed by atoms with E-state index in [0.717, 1.165) is 10.9 Å². The van der Waals surface area contributed by atoms with Crippen molar-refractivity contribution >= 4 is 15.9 Å². The molecule has 1 N–H and O–H groups in total. The topological polar surface area (TPSA) is 29.9 Å². The largest absolute Gasteiger partial charge is 0.312 e. The molecule has 1 aromatic heterocycles. The summed E-state index contributed by atoms with van der Waals surface area (Å²) >= 11 is 3.59. The summed E-state index contributed by atoms with van der Waals surface area (Å²) in [5.74, 6) is 0.667. The van der Waals surface area contributed by atoms with E-state index in [4.69, 9.17) is 0 Å². The van der Waals surface area contributed by atoms with Crippen LogP contribution in [0, 0.1) is 5.92 Å². The predicted molar refractivity (Wildman–Crippen MR) is 71.6 cm³/mol. The third-order valence-electron chi connectivity index (χ3n) is 2.66. The van der Waals surface area contributed by atoms with Crippen LogP contribution in [0.5, 0.6) is 0 Å². The van der Waals surface area contributed by atoms with Crippen LogP contribution in [0.2, 0.25) is 0 Å². The Labute approximate surface area is 107 Å². The van der Waals surface area contributed by atoms with Crippen molar-refractivity contribution in [2.24, 2.45) is 5.92 Å². The van der Waals surface area contributed by atoms with E-state index >= 15 is 0 Å². The summed E-state index contributed by atoms with van der Waals surface area (Å²) in [5, 5.41) is 7.80. The standard InChI is InChI=1S/C12H22BrN3/c1-8(2)6-11(14-5)12-10(13)7-15-16(12)9(3)4/h7-9,11,14H,6H2,1-5H3. The summed E-state index contributed by atoms with van der Waals surface area (Å²) in [5.41, 5.74) is 1.26. The zero-order valence-electron chi connectivity index (χ0n) is 10.8. The van der Waals surface area contributed by atoms with Gasteiger partial charge >= 0.3 is 0 Å². The van der Waals surface area contributed by atoms with Gasteiger partial charge in [-0.25, -0.2) is 0 Å². The van der Waals surface area contributed by atoms with Crippen LogP contribution >= 0.6 is 15.9 Å². The van der Waals surface area contributed by atoms with Gasteiger partial charge in [0.15, 0.2) is 0 Å². The lowest BCUT2D eigenvalue weighted by molar-refractivity contribution is 0.406. The van der Waals surface area contributed by atoms with Crippen LogP contribution in [0.3, 0.4) is 0 Å². The summed E-state index contributed by atoms with van der Waals surface area (Å²) < 4.78 is 3.19. The van der Waals surface area contributed by atoms with Gasteiger partial charge in [0.1, 0.15) is 0 Å². The molecule has 0 fully saturated rings. The number of hydrogen-bond acceptors (Lipinski definition) is 2. The molecule has 0 aromatic carbocycles. The molecule has 1 unspecified atom stereocenters. The van der Waals surface area contributed by atoms with Crippen LogP contribution in [-0.4, -0.2) is 16.8 Å². The van der Waals surface area contributed by atoms with E-state index in [1.807, 2.05) is 13.2 Å². The Bertz CT molecular complexity index is 331. The van der Waals surface area contributed by atoms with Crippen LogP contribution in [0.25, 0.3) is 0 Å². The minimum Gasteiger partial charge on any atom is -0.312 e. The first-order valence-electron chi connectivity index (χ1n) is 5.87. The maximum absolute atomic E-state index is 4.42. The number of halogens is 1. The summed E-state index contributed by atoms with van der Waals surface area (Å²) in [6.07, 6.45) is 3.01. The summed E-state index contributed by atoms with van der Waals surface area (Å²) in [4.78, 5) is 0. The van der Waals surface area contributed by atoms with Crippen molar-refractivity contribution in [2.75, 3.05) is 7.05 Å². The van der Waals surface area contributed by atoms with Crippen molar-refractivity contribution in [3.63, 3.8) is 0 Å². The first-order chi connectivity index (χ1) is 7.47. The molecule has 0 spiro atoms. The molecule has 0 aliphatic rings. The molecular formula is C12H22BrN3. The summed E-state index contributed by atoms with van der Waals surface area (Å²) in [6, 6.07) is 0.753. The average molecular weight is 288 g/mol. The Morgan fingerprint density at radius 2 is 2.00 bits per heavy atom. The molecule has 0 aliphatic heterocycles. The lowest BCUT2D eigenvalue weighted by atomic mass is 10.0. The number of nitrogens with one attached hydrogen (secondary N) is 1. The average Bonchev–Trinajstić information content (AvgIpc) is 2.56. The summed E-state index contributed by atoms with van der Waals surface area (Å²) in [6.45, 7) is 8.80. The van der Waals surface area contributed by atoms with Crippen LogP contribution in [0.15, 0.2) is 10.7 Å². The van der Waals surface area contributed by atoms with E-state index in [-0.39, 0.29) is 0 Å². The zero-order chi connectivity index (χ0) is 12.3. The molecule has 1 aromatic rings. The fourth-order valence-electron chi connectivity index (χ4n) is 1.93. The molecule has 1 heterocycles. The molecule has 0 aliphatic carbocycles. The van der Waals surface area contributed by atoms with Crippen molar-refractivity contribution in [2.45, 2.75) is 46.2 Å². The maximum Gasteiger partial charge on any atom is 0.0698 e. The molecule has 1 rings (SSSR count). The Morgan fingerprint density at radius 3 is 2.44 bits per heavy atom. The van der Waals surface area contributed by atoms with E-state index < -0.39 is 0 Å². The smallest absolute Gasteiger partial charge is 0.0698 e. The molecule has 92 valence electrons. The lowest BCUT2D eigenvalue weighted by Gasteiger charge is -2.22. The number of aromatic nitrogens is 2. The van der Waals surface area contributed by atoms with Gasteiger partial charge in [0, 0.05) is 6.04 Å². The minimum atomic E-state index is 0.360. The molecule has 3 nitrogen and oxygen atoms in total. The highest BCUT2D eigenvalue weighted by Crippen LogP contribution is 2.29. The van der Waals surface area contributed by atoms with Gasteiger partial charge < -0.3 is 5.32 Å². The third kappa shape index (κ3) is 3.08. The Balaban J connectivity index is 3.03. The van der Waals surface area contributed by atoms with Crippen molar-refractivity contribution in [1.82, 2.24) is 15.1 Å². The van der Waals surface area contributed by atoms with Gasteiger partial charge in [-0.15, -0.1) is 0 Å². The van der Waals surface area contributed by atoms with Crippen molar-refractivity contribution in [3.05, 3.63) is 16.4 Å². The first kappa shape index (κ1) is 13.7. The van der Waals surface area contributed by atoms with E-state index in [1.54, 1.807) is 0 Å². The second-order valence-electron chi connectivity index (χ2n) is 4.89.